The number of aliphatic carboxylic acids is 1. The molecule has 35 heavy (non-hydrogen) atoms. The topological polar surface area (TPSA) is 78.7 Å². The molecule has 1 saturated heterocycles. The summed E-state index contributed by atoms with van der Waals surface area (Å²) in [5, 5.41) is 10.2. The second-order valence-corrected chi connectivity index (χ2v) is 9.26. The number of halogens is 2. The van der Waals surface area contributed by atoms with Gasteiger partial charge in [0.15, 0.2) is 0 Å². The van der Waals surface area contributed by atoms with E-state index in [-0.39, 0.29) is 36.6 Å². The number of pyridine rings is 1. The van der Waals surface area contributed by atoms with Crippen molar-refractivity contribution in [2.45, 2.75) is 51.2 Å². The highest BCUT2D eigenvalue weighted by atomic mass is 35.5. The summed E-state index contributed by atoms with van der Waals surface area (Å²) in [6.07, 6.45) is 4.89. The number of rotatable bonds is 7. The second kappa shape index (κ2) is 10.7. The Labute approximate surface area is 209 Å². The van der Waals surface area contributed by atoms with Crippen molar-refractivity contribution in [3.63, 3.8) is 0 Å². The third kappa shape index (κ3) is 5.33. The number of carbonyl (C=O) groups is 2. The molecule has 3 aromatic rings. The zero-order chi connectivity index (χ0) is 23.7. The van der Waals surface area contributed by atoms with Crippen molar-refractivity contribution in [2.75, 3.05) is 19.6 Å². The molecule has 4 heterocycles. The molecule has 1 aromatic carbocycles. The first-order valence-electron chi connectivity index (χ1n) is 11.9. The van der Waals surface area contributed by atoms with Gasteiger partial charge >= 0.3 is 5.97 Å². The van der Waals surface area contributed by atoms with Gasteiger partial charge in [0.25, 0.3) is 0 Å². The van der Waals surface area contributed by atoms with E-state index in [1.54, 1.807) is 12.3 Å². The van der Waals surface area contributed by atoms with Crippen LogP contribution in [0.25, 0.3) is 11.0 Å². The number of likely N-dealkylation sites (tertiary alicyclic amines) is 1. The third-order valence-corrected chi connectivity index (χ3v) is 7.12. The van der Waals surface area contributed by atoms with Crippen molar-refractivity contribution >= 4 is 35.3 Å². The van der Waals surface area contributed by atoms with E-state index < -0.39 is 5.97 Å². The largest absolute Gasteiger partial charge is 0.481 e. The lowest BCUT2D eigenvalue weighted by atomic mass is 10.0. The number of carbonyl (C=O) groups excluding carboxylic acids is 1. The summed E-state index contributed by atoms with van der Waals surface area (Å²) >= 11 is 0. The number of fused-ring (bicyclic) bond motifs is 3. The summed E-state index contributed by atoms with van der Waals surface area (Å²) in [7, 11) is 0. The molecular weight excluding hydrogens is 471 g/mol. The lowest BCUT2D eigenvalue weighted by molar-refractivity contribution is -0.138. The molecule has 7 nitrogen and oxygen atoms in total. The van der Waals surface area contributed by atoms with E-state index in [9.17, 15) is 14.0 Å². The molecule has 2 aromatic heterocycles. The highest BCUT2D eigenvalue weighted by Crippen LogP contribution is 2.31. The van der Waals surface area contributed by atoms with E-state index in [2.05, 4.69) is 20.5 Å². The minimum atomic E-state index is -0.786. The Morgan fingerprint density at radius 1 is 1.17 bits per heavy atom. The van der Waals surface area contributed by atoms with Crippen molar-refractivity contribution in [3.05, 3.63) is 65.2 Å². The number of amides is 1. The van der Waals surface area contributed by atoms with E-state index >= 15 is 0 Å². The lowest BCUT2D eigenvalue weighted by Crippen LogP contribution is -2.39. The molecule has 0 spiro atoms. The van der Waals surface area contributed by atoms with Crippen LogP contribution < -0.4 is 0 Å². The van der Waals surface area contributed by atoms with Gasteiger partial charge in [-0.2, -0.15) is 0 Å². The molecule has 5 rings (SSSR count). The number of hydrogen-bond donors (Lipinski definition) is 1. The number of hydrogen-bond acceptors (Lipinski definition) is 4. The van der Waals surface area contributed by atoms with E-state index in [1.165, 1.54) is 17.7 Å². The van der Waals surface area contributed by atoms with Crippen molar-refractivity contribution in [1.82, 2.24) is 19.4 Å². The normalized spacial score (nSPS) is 17.9. The molecule has 0 saturated carbocycles. The number of benzene rings is 1. The van der Waals surface area contributed by atoms with Crippen molar-refractivity contribution in [1.29, 1.82) is 0 Å². The van der Waals surface area contributed by atoms with Gasteiger partial charge in [-0.1, -0.05) is 12.1 Å². The van der Waals surface area contributed by atoms with Gasteiger partial charge in [-0.05, 0) is 61.2 Å². The maximum atomic E-state index is 13.8. The Bertz CT molecular complexity index is 1230. The highest BCUT2D eigenvalue weighted by Gasteiger charge is 2.30. The average Bonchev–Trinajstić information content (AvgIpc) is 3.39. The van der Waals surface area contributed by atoms with Gasteiger partial charge in [0, 0.05) is 49.4 Å². The molecule has 0 bridgehead atoms. The van der Waals surface area contributed by atoms with Gasteiger partial charge in [0.2, 0.25) is 5.91 Å². The van der Waals surface area contributed by atoms with Gasteiger partial charge in [0.1, 0.15) is 11.5 Å². The van der Waals surface area contributed by atoms with Crippen LogP contribution in [0, 0.1) is 5.82 Å². The molecule has 186 valence electrons. The Kier molecular flexibility index (Phi) is 7.72. The van der Waals surface area contributed by atoms with Crippen LogP contribution in [0.2, 0.25) is 0 Å². The first kappa shape index (κ1) is 25.1. The molecule has 1 atom stereocenters. The summed E-state index contributed by atoms with van der Waals surface area (Å²) < 4.78 is 15.9. The van der Waals surface area contributed by atoms with E-state index in [0.29, 0.717) is 32.6 Å². The number of carboxylic acid groups (broad SMARTS) is 1. The summed E-state index contributed by atoms with van der Waals surface area (Å²) in [5.74, 6) is -0.968. The average molecular weight is 501 g/mol. The van der Waals surface area contributed by atoms with Crippen LogP contribution in [0.5, 0.6) is 0 Å². The molecule has 1 unspecified atom stereocenters. The van der Waals surface area contributed by atoms with Gasteiger partial charge in [-0.3, -0.25) is 14.5 Å². The van der Waals surface area contributed by atoms with Crippen molar-refractivity contribution in [3.8, 4) is 0 Å². The molecule has 0 radical (unpaired) electrons. The SMILES string of the molecule is Cl.O=C(O)CC1CCCN1CCC(=O)N1CCc2c(n(Cc3cccc(F)c3)c3ncccc23)C1. The monoisotopic (exact) mass is 500 g/mol. The summed E-state index contributed by atoms with van der Waals surface area (Å²) in [6.45, 7) is 3.08. The minimum Gasteiger partial charge on any atom is -0.481 e. The number of carboxylic acids is 1. The fourth-order valence-corrected chi connectivity index (χ4v) is 5.48. The Hall–Kier alpha value is -2.97. The fourth-order valence-electron chi connectivity index (χ4n) is 5.48. The van der Waals surface area contributed by atoms with Crippen molar-refractivity contribution in [2.24, 2.45) is 0 Å². The lowest BCUT2D eigenvalue weighted by Gasteiger charge is -2.30. The summed E-state index contributed by atoms with van der Waals surface area (Å²) in [4.78, 5) is 32.9. The number of nitrogens with zero attached hydrogens (tertiary/aromatic N) is 4. The van der Waals surface area contributed by atoms with Gasteiger partial charge in [-0.25, -0.2) is 9.37 Å². The maximum Gasteiger partial charge on any atom is 0.304 e. The second-order valence-electron chi connectivity index (χ2n) is 9.26. The molecule has 0 aliphatic carbocycles. The number of aromatic nitrogens is 2. The van der Waals surface area contributed by atoms with E-state index in [1.807, 2.05) is 17.0 Å². The zero-order valence-corrected chi connectivity index (χ0v) is 20.3. The van der Waals surface area contributed by atoms with Crippen LogP contribution in [0.15, 0.2) is 42.6 Å². The first-order valence-corrected chi connectivity index (χ1v) is 11.9. The van der Waals surface area contributed by atoms with Crippen molar-refractivity contribution < 1.29 is 19.1 Å². The molecule has 1 amide bonds. The van der Waals surface area contributed by atoms with E-state index in [4.69, 9.17) is 5.11 Å². The van der Waals surface area contributed by atoms with E-state index in [0.717, 1.165) is 48.1 Å². The van der Waals surface area contributed by atoms with Crippen LogP contribution in [-0.2, 0) is 29.1 Å². The quantitative estimate of drug-likeness (QED) is 0.533. The van der Waals surface area contributed by atoms with Crippen LogP contribution in [-0.4, -0.2) is 62.0 Å². The van der Waals surface area contributed by atoms with Gasteiger partial charge in [0.05, 0.1) is 13.0 Å². The van der Waals surface area contributed by atoms with Crippen LogP contribution >= 0.6 is 12.4 Å². The molecule has 2 aliphatic rings. The molecule has 1 fully saturated rings. The van der Waals surface area contributed by atoms with Crippen LogP contribution in [0.1, 0.15) is 42.5 Å². The molecule has 1 N–H and O–H groups in total. The Morgan fingerprint density at radius 3 is 2.83 bits per heavy atom. The summed E-state index contributed by atoms with van der Waals surface area (Å²) in [6, 6.07) is 10.6. The minimum absolute atomic E-state index is 0. The fraction of sp³-hybridized carbons (Fsp3) is 0.423. The standard InChI is InChI=1S/C26H29FN4O3.ClH/c27-19-5-1-4-18(14-19)16-31-23-17-30(12-8-21(23)22-7-2-10-28-26(22)31)24(32)9-13-29-11-3-6-20(29)15-25(33)34;/h1-2,4-5,7,10,14,20H,3,6,8-9,11-13,15-17H2,(H,33,34);1H. The molecule has 9 heteroatoms. The highest BCUT2D eigenvalue weighted by molar-refractivity contribution is 5.85. The molecular formula is C26H30ClFN4O3. The van der Waals surface area contributed by atoms with Crippen LogP contribution in [0.4, 0.5) is 4.39 Å². The molecule has 2 aliphatic heterocycles. The van der Waals surface area contributed by atoms with Gasteiger partial charge in [-0.15, -0.1) is 12.4 Å². The third-order valence-electron chi connectivity index (χ3n) is 7.12. The predicted octanol–water partition coefficient (Wildman–Crippen LogP) is 3.86. The zero-order valence-electron chi connectivity index (χ0n) is 19.5. The Balaban J connectivity index is 0.00000289. The Morgan fingerprint density at radius 2 is 2.03 bits per heavy atom. The smallest absolute Gasteiger partial charge is 0.304 e. The van der Waals surface area contributed by atoms with Gasteiger partial charge < -0.3 is 14.6 Å². The first-order chi connectivity index (χ1) is 16.5. The van der Waals surface area contributed by atoms with Crippen LogP contribution in [0.3, 0.4) is 0 Å². The summed E-state index contributed by atoms with van der Waals surface area (Å²) in [5.41, 5.74) is 3.99. The predicted molar refractivity (Wildman–Crippen MR) is 133 cm³/mol. The maximum absolute atomic E-state index is 13.8.